The normalized spacial score (nSPS) is 19.9. The number of Topliss-reactive ketones (excluding diaryl/α,β-unsaturated/α-hetero) is 1. The second kappa shape index (κ2) is 5.99. The number of hydrogen-bond acceptors (Lipinski definition) is 4. The summed E-state index contributed by atoms with van der Waals surface area (Å²) in [6.45, 7) is 4.08. The Bertz CT molecular complexity index is 255. The van der Waals surface area contributed by atoms with Crippen molar-refractivity contribution in [3.63, 3.8) is 0 Å². The predicted octanol–water partition coefficient (Wildman–Crippen LogP) is 1.38. The van der Waals surface area contributed by atoms with Gasteiger partial charge in [0.1, 0.15) is 11.8 Å². The van der Waals surface area contributed by atoms with Gasteiger partial charge in [0.25, 0.3) is 0 Å². The zero-order valence-electron chi connectivity index (χ0n) is 10.4. The highest BCUT2D eigenvalue weighted by atomic mass is 16.5. The molecule has 4 nitrogen and oxygen atoms in total. The first-order valence-corrected chi connectivity index (χ1v) is 5.96. The smallest absolute Gasteiger partial charge is 0.323 e. The highest BCUT2D eigenvalue weighted by Crippen LogP contribution is 2.21. The summed E-state index contributed by atoms with van der Waals surface area (Å²) in [6.07, 6.45) is 3.01. The van der Waals surface area contributed by atoms with Crippen LogP contribution in [0.3, 0.4) is 0 Å². The molecule has 0 bridgehead atoms. The van der Waals surface area contributed by atoms with Gasteiger partial charge in [-0.2, -0.15) is 0 Å². The van der Waals surface area contributed by atoms with E-state index in [1.54, 1.807) is 0 Å². The molecule has 1 unspecified atom stereocenters. The molecule has 1 fully saturated rings. The Morgan fingerprint density at radius 3 is 2.56 bits per heavy atom. The van der Waals surface area contributed by atoms with Crippen molar-refractivity contribution in [3.8, 4) is 0 Å². The summed E-state index contributed by atoms with van der Waals surface area (Å²) in [6, 6.07) is 0.107. The van der Waals surface area contributed by atoms with Crippen LogP contribution >= 0.6 is 0 Å². The maximum Gasteiger partial charge on any atom is 0.323 e. The van der Waals surface area contributed by atoms with Crippen LogP contribution < -0.4 is 0 Å². The van der Waals surface area contributed by atoms with Crippen molar-refractivity contribution in [2.75, 3.05) is 13.7 Å². The zero-order valence-corrected chi connectivity index (χ0v) is 10.4. The van der Waals surface area contributed by atoms with Gasteiger partial charge < -0.3 is 4.74 Å². The molecule has 0 aromatic carbocycles. The number of carbonyl (C=O) groups is 2. The molecule has 0 aromatic heterocycles. The average molecular weight is 227 g/mol. The maximum absolute atomic E-state index is 11.6. The molecule has 92 valence electrons. The molecule has 0 aliphatic heterocycles. The number of likely N-dealkylation sites (N-methyl/N-ethyl adjacent to an activating group) is 1. The predicted molar refractivity (Wildman–Crippen MR) is 61.1 cm³/mol. The van der Waals surface area contributed by atoms with Gasteiger partial charge in [0.15, 0.2) is 0 Å². The first kappa shape index (κ1) is 13.2. The molecular weight excluding hydrogens is 206 g/mol. The van der Waals surface area contributed by atoms with Crippen LogP contribution in [0.15, 0.2) is 0 Å². The molecular formula is C12H21NO3. The molecule has 1 aliphatic carbocycles. The summed E-state index contributed by atoms with van der Waals surface area (Å²) < 4.78 is 4.99. The van der Waals surface area contributed by atoms with E-state index in [1.165, 1.54) is 0 Å². The number of carbonyl (C=O) groups excluding carboxylic acids is 2. The van der Waals surface area contributed by atoms with Gasteiger partial charge >= 0.3 is 5.97 Å². The van der Waals surface area contributed by atoms with E-state index in [0.29, 0.717) is 31.3 Å². The fourth-order valence-electron chi connectivity index (χ4n) is 2.08. The molecule has 1 aliphatic rings. The van der Waals surface area contributed by atoms with E-state index < -0.39 is 0 Å². The van der Waals surface area contributed by atoms with Crippen LogP contribution in [-0.4, -0.2) is 42.4 Å². The first-order valence-electron chi connectivity index (χ1n) is 5.96. The van der Waals surface area contributed by atoms with Gasteiger partial charge in [-0.1, -0.05) is 0 Å². The Hall–Kier alpha value is -0.900. The quantitative estimate of drug-likeness (QED) is 0.681. The Labute approximate surface area is 96.9 Å². The van der Waals surface area contributed by atoms with Gasteiger partial charge in [-0.15, -0.1) is 0 Å². The van der Waals surface area contributed by atoms with Gasteiger partial charge in [-0.3, -0.25) is 14.5 Å². The third kappa shape index (κ3) is 3.30. The van der Waals surface area contributed by atoms with Crippen LogP contribution in [-0.2, 0) is 14.3 Å². The Kier molecular flexibility index (Phi) is 4.93. The molecule has 16 heavy (non-hydrogen) atoms. The van der Waals surface area contributed by atoms with Gasteiger partial charge in [0.2, 0.25) is 0 Å². The summed E-state index contributed by atoms with van der Waals surface area (Å²) in [5.41, 5.74) is 0. The molecule has 0 heterocycles. The van der Waals surface area contributed by atoms with Crippen molar-refractivity contribution in [1.29, 1.82) is 0 Å². The fourth-order valence-corrected chi connectivity index (χ4v) is 2.08. The second-order valence-corrected chi connectivity index (χ2v) is 4.36. The van der Waals surface area contributed by atoms with Crippen molar-refractivity contribution in [1.82, 2.24) is 4.90 Å². The lowest BCUT2D eigenvalue weighted by Crippen LogP contribution is -2.45. The number of hydrogen-bond donors (Lipinski definition) is 0. The number of ketones is 1. The molecule has 0 N–H and O–H groups in total. The van der Waals surface area contributed by atoms with Crippen LogP contribution in [0.1, 0.15) is 39.5 Å². The molecule has 1 rings (SSSR count). The van der Waals surface area contributed by atoms with Gasteiger partial charge in [-0.25, -0.2) is 0 Å². The molecule has 0 radical (unpaired) electrons. The second-order valence-electron chi connectivity index (χ2n) is 4.36. The molecule has 1 saturated carbocycles. The van der Waals surface area contributed by atoms with E-state index in [4.69, 9.17) is 4.74 Å². The van der Waals surface area contributed by atoms with Crippen LogP contribution in [0, 0.1) is 0 Å². The standard InChI is InChI=1S/C12H21NO3/c1-4-16-12(15)9(2)13(3)10-5-7-11(14)8-6-10/h9-10H,4-8H2,1-3H3. The summed E-state index contributed by atoms with van der Waals surface area (Å²) in [7, 11) is 1.93. The molecule has 0 aromatic rings. The van der Waals surface area contributed by atoms with E-state index >= 15 is 0 Å². The highest BCUT2D eigenvalue weighted by Gasteiger charge is 2.28. The van der Waals surface area contributed by atoms with Gasteiger partial charge in [-0.05, 0) is 33.7 Å². The first-order chi connectivity index (χ1) is 7.56. The summed E-state index contributed by atoms with van der Waals surface area (Å²) in [5, 5.41) is 0. The van der Waals surface area contributed by atoms with Gasteiger partial charge in [0.05, 0.1) is 6.61 Å². The minimum Gasteiger partial charge on any atom is -0.465 e. The Morgan fingerprint density at radius 1 is 1.50 bits per heavy atom. The topological polar surface area (TPSA) is 46.6 Å². The van der Waals surface area contributed by atoms with Crippen molar-refractivity contribution >= 4 is 11.8 Å². The number of ether oxygens (including phenoxy) is 1. The molecule has 0 spiro atoms. The number of nitrogens with zero attached hydrogens (tertiary/aromatic N) is 1. The number of esters is 1. The highest BCUT2D eigenvalue weighted by molar-refractivity contribution is 5.79. The summed E-state index contributed by atoms with van der Waals surface area (Å²) in [4.78, 5) is 24.7. The minimum absolute atomic E-state index is 0.179. The lowest BCUT2D eigenvalue weighted by molar-refractivity contribution is -0.149. The largest absolute Gasteiger partial charge is 0.465 e. The lowest BCUT2D eigenvalue weighted by atomic mass is 9.93. The molecule has 0 saturated heterocycles. The van der Waals surface area contributed by atoms with Gasteiger partial charge in [0, 0.05) is 18.9 Å². The van der Waals surface area contributed by atoms with Crippen LogP contribution in [0.4, 0.5) is 0 Å². The Morgan fingerprint density at radius 2 is 2.06 bits per heavy atom. The van der Waals surface area contributed by atoms with Crippen molar-refractivity contribution < 1.29 is 14.3 Å². The third-order valence-corrected chi connectivity index (χ3v) is 3.33. The van der Waals surface area contributed by atoms with E-state index in [1.807, 2.05) is 25.8 Å². The lowest BCUT2D eigenvalue weighted by Gasteiger charge is -2.33. The summed E-state index contributed by atoms with van der Waals surface area (Å²) in [5.74, 6) is 0.162. The molecule has 4 heteroatoms. The number of rotatable bonds is 4. The fraction of sp³-hybridized carbons (Fsp3) is 0.833. The SMILES string of the molecule is CCOC(=O)C(C)N(C)C1CCC(=O)CC1. The van der Waals surface area contributed by atoms with E-state index in [2.05, 4.69) is 0 Å². The van der Waals surface area contributed by atoms with Crippen LogP contribution in [0.2, 0.25) is 0 Å². The zero-order chi connectivity index (χ0) is 12.1. The molecule has 0 amide bonds. The third-order valence-electron chi connectivity index (χ3n) is 3.33. The molecule has 1 atom stereocenters. The van der Waals surface area contributed by atoms with Crippen molar-refractivity contribution in [3.05, 3.63) is 0 Å². The Balaban J connectivity index is 2.46. The van der Waals surface area contributed by atoms with Crippen molar-refractivity contribution in [2.45, 2.75) is 51.6 Å². The minimum atomic E-state index is -0.224. The van der Waals surface area contributed by atoms with E-state index in [-0.39, 0.29) is 12.0 Å². The van der Waals surface area contributed by atoms with E-state index in [9.17, 15) is 9.59 Å². The van der Waals surface area contributed by atoms with E-state index in [0.717, 1.165) is 12.8 Å². The van der Waals surface area contributed by atoms with Crippen molar-refractivity contribution in [2.24, 2.45) is 0 Å². The average Bonchev–Trinajstić information content (AvgIpc) is 2.28. The van der Waals surface area contributed by atoms with Crippen LogP contribution in [0.25, 0.3) is 0 Å². The maximum atomic E-state index is 11.6. The monoisotopic (exact) mass is 227 g/mol. The van der Waals surface area contributed by atoms with Crippen LogP contribution in [0.5, 0.6) is 0 Å². The summed E-state index contributed by atoms with van der Waals surface area (Å²) >= 11 is 0.